The van der Waals surface area contributed by atoms with E-state index in [1.165, 1.54) is 18.9 Å². The highest BCUT2D eigenvalue weighted by atomic mass is 19.2. The highest BCUT2D eigenvalue weighted by molar-refractivity contribution is 5.90. The molecule has 7 rings (SSSR count). The fourth-order valence-corrected chi connectivity index (χ4v) is 4.84. The number of nitrogens with zero attached hydrogens (tertiary/aromatic N) is 3. The molecule has 0 saturated carbocycles. The topological polar surface area (TPSA) is 56.8 Å². The van der Waals surface area contributed by atoms with Crippen molar-refractivity contribution in [3.05, 3.63) is 54.1 Å². The number of H-pyrrole nitrogens is 1. The van der Waals surface area contributed by atoms with Gasteiger partial charge in [-0.1, -0.05) is 12.1 Å². The van der Waals surface area contributed by atoms with Crippen molar-refractivity contribution >= 4 is 27.8 Å². The minimum atomic E-state index is -0.889. The van der Waals surface area contributed by atoms with Crippen molar-refractivity contribution in [2.24, 2.45) is 5.92 Å². The van der Waals surface area contributed by atoms with E-state index in [2.05, 4.69) is 15.2 Å². The number of rotatable bonds is 3. The number of aromatic nitrogens is 3. The molecule has 4 aromatic rings. The average molecular weight is 405 g/mol. The molecule has 7 heteroatoms. The van der Waals surface area contributed by atoms with Gasteiger partial charge in [-0.2, -0.15) is 0 Å². The number of nitrogens with one attached hydrogen (secondary N) is 2. The molecule has 0 radical (unpaired) electrons. The van der Waals surface area contributed by atoms with Crippen LogP contribution < -0.4 is 5.32 Å². The van der Waals surface area contributed by atoms with Crippen LogP contribution in [0.25, 0.3) is 33.3 Å². The third kappa shape index (κ3) is 2.92. The molecule has 2 aromatic heterocycles. The van der Waals surface area contributed by atoms with E-state index < -0.39 is 11.6 Å². The Morgan fingerprint density at radius 3 is 2.53 bits per heavy atom. The largest absolute Gasteiger partial charge is 0.365 e. The summed E-state index contributed by atoms with van der Waals surface area (Å²) < 4.78 is 27.7. The monoisotopic (exact) mass is 405 g/mol. The molecular formula is C23H21F2N5. The maximum atomic E-state index is 13.9. The molecule has 2 N–H and O–H groups in total. The number of hydrogen-bond acceptors (Lipinski definition) is 4. The lowest BCUT2D eigenvalue weighted by Gasteiger charge is -2.45. The van der Waals surface area contributed by atoms with Gasteiger partial charge in [-0.3, -0.25) is 0 Å². The number of pyridine rings is 1. The fourth-order valence-electron chi connectivity index (χ4n) is 4.84. The second kappa shape index (κ2) is 6.74. The summed E-state index contributed by atoms with van der Waals surface area (Å²) in [5.74, 6) is 0.157. The number of imidazole rings is 1. The number of aromatic amines is 1. The molecular weight excluding hydrogens is 384 g/mol. The SMILES string of the molecule is Fc1cc2cc(-c3nc4ccccc4[nH]3)c(N[C@H]3CN4CCC3CC4)nc2cc1F. The zero-order valence-corrected chi connectivity index (χ0v) is 16.3. The molecule has 5 nitrogen and oxygen atoms in total. The Morgan fingerprint density at radius 2 is 1.77 bits per heavy atom. The molecule has 0 spiro atoms. The maximum Gasteiger partial charge on any atom is 0.161 e. The van der Waals surface area contributed by atoms with Crippen molar-refractivity contribution in [3.63, 3.8) is 0 Å². The Labute approximate surface area is 172 Å². The first-order chi connectivity index (χ1) is 14.6. The van der Waals surface area contributed by atoms with E-state index in [-0.39, 0.29) is 6.04 Å². The number of halogens is 2. The zero-order chi connectivity index (χ0) is 20.2. The van der Waals surface area contributed by atoms with Gasteiger partial charge < -0.3 is 15.2 Å². The summed E-state index contributed by atoms with van der Waals surface area (Å²) in [5.41, 5.74) is 2.97. The van der Waals surface area contributed by atoms with Gasteiger partial charge in [0.2, 0.25) is 0 Å². The van der Waals surface area contributed by atoms with Crippen molar-refractivity contribution in [1.82, 2.24) is 19.9 Å². The molecule has 1 atom stereocenters. The van der Waals surface area contributed by atoms with Gasteiger partial charge in [0.1, 0.15) is 11.6 Å². The van der Waals surface area contributed by atoms with Crippen LogP contribution in [0.5, 0.6) is 0 Å². The molecule has 2 aromatic carbocycles. The van der Waals surface area contributed by atoms with Crippen molar-refractivity contribution in [1.29, 1.82) is 0 Å². The normalized spacial score (nSPS) is 23.3. The third-order valence-electron chi connectivity index (χ3n) is 6.48. The van der Waals surface area contributed by atoms with Crippen LogP contribution >= 0.6 is 0 Å². The summed E-state index contributed by atoms with van der Waals surface area (Å²) >= 11 is 0. The van der Waals surface area contributed by atoms with Gasteiger partial charge in [-0.15, -0.1) is 0 Å². The van der Waals surface area contributed by atoms with Gasteiger partial charge in [-0.25, -0.2) is 18.7 Å². The Hall–Kier alpha value is -3.06. The van der Waals surface area contributed by atoms with Gasteiger partial charge in [-0.05, 0) is 56.1 Å². The maximum absolute atomic E-state index is 13.9. The van der Waals surface area contributed by atoms with E-state index in [1.807, 2.05) is 30.3 Å². The first kappa shape index (κ1) is 17.8. The quantitative estimate of drug-likeness (QED) is 0.525. The van der Waals surface area contributed by atoms with Crippen LogP contribution in [0.15, 0.2) is 42.5 Å². The average Bonchev–Trinajstić information content (AvgIpc) is 3.19. The summed E-state index contributed by atoms with van der Waals surface area (Å²) in [6.45, 7) is 3.27. The highest BCUT2D eigenvalue weighted by Gasteiger charge is 2.34. The summed E-state index contributed by atoms with van der Waals surface area (Å²) in [5, 5.41) is 4.17. The third-order valence-corrected chi connectivity index (χ3v) is 6.48. The number of para-hydroxylation sites is 2. The van der Waals surface area contributed by atoms with E-state index in [0.717, 1.165) is 42.3 Å². The number of hydrogen-bond donors (Lipinski definition) is 2. The van der Waals surface area contributed by atoms with Crippen molar-refractivity contribution in [2.75, 3.05) is 25.0 Å². The first-order valence-electron chi connectivity index (χ1n) is 10.4. The number of benzene rings is 2. The predicted octanol–water partition coefficient (Wildman–Crippen LogP) is 4.56. The van der Waals surface area contributed by atoms with Crippen LogP contribution in [0.3, 0.4) is 0 Å². The van der Waals surface area contributed by atoms with E-state index in [9.17, 15) is 8.78 Å². The van der Waals surface area contributed by atoms with Crippen molar-refractivity contribution in [2.45, 2.75) is 18.9 Å². The molecule has 3 aliphatic rings. The Morgan fingerprint density at radius 1 is 0.967 bits per heavy atom. The second-order valence-corrected chi connectivity index (χ2v) is 8.33. The molecule has 5 heterocycles. The fraction of sp³-hybridized carbons (Fsp3) is 0.304. The lowest BCUT2D eigenvalue weighted by atomic mass is 9.84. The number of fused-ring (bicyclic) bond motifs is 5. The summed E-state index contributed by atoms with van der Waals surface area (Å²) in [4.78, 5) is 15.2. The van der Waals surface area contributed by atoms with Gasteiger partial charge in [0, 0.05) is 24.0 Å². The van der Waals surface area contributed by atoms with Gasteiger partial charge in [0.15, 0.2) is 11.6 Å². The Kier molecular flexibility index (Phi) is 3.99. The van der Waals surface area contributed by atoms with Crippen LogP contribution in [0.4, 0.5) is 14.6 Å². The second-order valence-electron chi connectivity index (χ2n) is 8.33. The number of piperidine rings is 3. The van der Waals surface area contributed by atoms with E-state index >= 15 is 0 Å². The molecule has 0 aliphatic carbocycles. The molecule has 152 valence electrons. The molecule has 3 saturated heterocycles. The van der Waals surface area contributed by atoms with Crippen LogP contribution in [-0.2, 0) is 0 Å². The summed E-state index contributed by atoms with van der Waals surface area (Å²) in [6.07, 6.45) is 2.34. The molecule has 2 bridgehead atoms. The minimum absolute atomic E-state index is 0.283. The van der Waals surface area contributed by atoms with Crippen LogP contribution in [-0.4, -0.2) is 45.5 Å². The molecule has 3 fully saturated rings. The van der Waals surface area contributed by atoms with Crippen molar-refractivity contribution < 1.29 is 8.78 Å². The predicted molar refractivity (Wildman–Crippen MR) is 113 cm³/mol. The van der Waals surface area contributed by atoms with Crippen LogP contribution in [0, 0.1) is 17.6 Å². The highest BCUT2D eigenvalue weighted by Crippen LogP contribution is 2.34. The van der Waals surface area contributed by atoms with Crippen LogP contribution in [0.1, 0.15) is 12.8 Å². The van der Waals surface area contributed by atoms with E-state index in [0.29, 0.717) is 28.5 Å². The van der Waals surface area contributed by atoms with Gasteiger partial charge >= 0.3 is 0 Å². The summed E-state index contributed by atoms with van der Waals surface area (Å²) in [6, 6.07) is 12.3. The Balaban J connectivity index is 1.49. The molecule has 0 amide bonds. The first-order valence-corrected chi connectivity index (χ1v) is 10.4. The standard InChI is InChI=1S/C23H21F2N5/c24-16-10-14-9-15(22-26-18-3-1-2-4-19(18)27-22)23(28-20(14)11-17(16)25)29-21-12-30-7-5-13(21)6-8-30/h1-4,9-11,13,21H,5-8,12H2,(H,26,27)(H,28,29)/t21-/m0/s1. The minimum Gasteiger partial charge on any atom is -0.365 e. The zero-order valence-electron chi connectivity index (χ0n) is 16.3. The van der Waals surface area contributed by atoms with E-state index in [4.69, 9.17) is 9.97 Å². The van der Waals surface area contributed by atoms with Crippen LogP contribution in [0.2, 0.25) is 0 Å². The molecule has 3 aliphatic heterocycles. The van der Waals surface area contributed by atoms with Gasteiger partial charge in [0.05, 0.1) is 22.1 Å². The number of anilines is 1. The molecule has 0 unspecified atom stereocenters. The summed E-state index contributed by atoms with van der Waals surface area (Å²) in [7, 11) is 0. The Bertz CT molecular complexity index is 1230. The van der Waals surface area contributed by atoms with Gasteiger partial charge in [0.25, 0.3) is 0 Å². The lowest BCUT2D eigenvalue weighted by molar-refractivity contribution is 0.0974. The lowest BCUT2D eigenvalue weighted by Crippen LogP contribution is -2.53. The van der Waals surface area contributed by atoms with E-state index in [1.54, 1.807) is 0 Å². The van der Waals surface area contributed by atoms with Crippen molar-refractivity contribution in [3.8, 4) is 11.4 Å². The smallest absolute Gasteiger partial charge is 0.161 e. The molecule has 30 heavy (non-hydrogen) atoms.